The van der Waals surface area contributed by atoms with E-state index in [4.69, 9.17) is 14.2 Å². The van der Waals surface area contributed by atoms with Crippen LogP contribution in [0.5, 0.6) is 0 Å². The first-order valence-electron chi connectivity index (χ1n) is 13.2. The molecule has 16 heteroatoms. The predicted octanol–water partition coefficient (Wildman–Crippen LogP) is 1.46. The van der Waals surface area contributed by atoms with E-state index in [0.717, 1.165) is 12.8 Å². The summed E-state index contributed by atoms with van der Waals surface area (Å²) in [5, 5.41) is 8.07. The molecule has 3 amide bonds. The van der Waals surface area contributed by atoms with Crippen molar-refractivity contribution in [3.63, 3.8) is 0 Å². The molecule has 1 saturated carbocycles. The van der Waals surface area contributed by atoms with E-state index >= 15 is 0 Å². The molecule has 15 nitrogen and oxygen atoms in total. The van der Waals surface area contributed by atoms with Gasteiger partial charge in [-0.2, -0.15) is 0 Å². The zero-order chi connectivity index (χ0) is 28.9. The van der Waals surface area contributed by atoms with Crippen LogP contribution in [-0.2, 0) is 29.0 Å². The minimum Gasteiger partial charge on any atom is -0.354 e. The van der Waals surface area contributed by atoms with Gasteiger partial charge in [-0.3, -0.25) is 14.7 Å². The average Bonchev–Trinajstić information content (AvgIpc) is 3.36. The highest BCUT2D eigenvalue weighted by atomic mass is 32.2. The molecule has 1 aromatic carbocycles. The number of hydrogen-bond donors (Lipinski definition) is 4. The highest BCUT2D eigenvalue weighted by molar-refractivity contribution is 7.89. The molecule has 3 aliphatic rings. The van der Waals surface area contributed by atoms with Crippen molar-refractivity contribution in [2.24, 2.45) is 0 Å². The van der Waals surface area contributed by atoms with Crippen molar-refractivity contribution in [2.75, 3.05) is 17.2 Å². The van der Waals surface area contributed by atoms with E-state index in [1.807, 2.05) is 6.92 Å². The Balaban J connectivity index is 1.18. The Bertz CT molecular complexity index is 1590. The number of benzene rings is 1. The maximum Gasteiger partial charge on any atom is 0.324 e. The molecule has 2 aliphatic heterocycles. The van der Waals surface area contributed by atoms with Crippen LogP contribution in [0.2, 0.25) is 0 Å². The van der Waals surface area contributed by atoms with Crippen molar-refractivity contribution in [2.45, 2.75) is 74.9 Å². The number of ether oxygens (including phenoxy) is 3. The number of rotatable bonds is 8. The topological polar surface area (TPSA) is 188 Å². The molecule has 4 heterocycles. The molecule has 0 bridgehead atoms. The van der Waals surface area contributed by atoms with Crippen LogP contribution in [0.25, 0.3) is 11.2 Å². The molecular formula is C25H30N8O7S. The van der Waals surface area contributed by atoms with E-state index in [-0.39, 0.29) is 28.2 Å². The number of nitrogens with zero attached hydrogens (tertiary/aromatic N) is 4. The van der Waals surface area contributed by atoms with E-state index in [2.05, 4.69) is 35.6 Å². The molecule has 4 atom stereocenters. The Morgan fingerprint density at radius 1 is 1.05 bits per heavy atom. The number of hydrogen-bond acceptors (Lipinski definition) is 10. The maximum absolute atomic E-state index is 12.8. The first-order chi connectivity index (χ1) is 19.5. The molecule has 0 unspecified atom stereocenters. The quantitative estimate of drug-likeness (QED) is 0.301. The van der Waals surface area contributed by atoms with Gasteiger partial charge in [0, 0.05) is 18.3 Å². The lowest BCUT2D eigenvalue weighted by Gasteiger charge is -2.24. The molecular weight excluding hydrogens is 556 g/mol. The van der Waals surface area contributed by atoms with Crippen LogP contribution in [0.4, 0.5) is 16.3 Å². The van der Waals surface area contributed by atoms with Gasteiger partial charge in [0.2, 0.25) is 10.0 Å². The predicted molar refractivity (Wildman–Crippen MR) is 144 cm³/mol. The number of fused-ring (bicyclic) bond motifs is 2. The summed E-state index contributed by atoms with van der Waals surface area (Å²) in [6.45, 7) is 5.78. The second-order valence-electron chi connectivity index (χ2n) is 10.5. The fourth-order valence-corrected chi connectivity index (χ4v) is 6.20. The van der Waals surface area contributed by atoms with Gasteiger partial charge in [0.05, 0.1) is 11.2 Å². The second kappa shape index (κ2) is 10.3. The molecule has 3 fully saturated rings. The molecule has 41 heavy (non-hydrogen) atoms. The lowest BCUT2D eigenvalue weighted by Crippen LogP contribution is -2.42. The average molecular weight is 587 g/mol. The number of anilines is 2. The molecule has 1 aliphatic carbocycles. The van der Waals surface area contributed by atoms with Crippen LogP contribution in [0, 0.1) is 0 Å². The number of urea groups is 1. The van der Waals surface area contributed by atoms with Crippen molar-refractivity contribution in [3.8, 4) is 0 Å². The summed E-state index contributed by atoms with van der Waals surface area (Å²) in [6.07, 6.45) is 1.48. The molecule has 2 aromatic heterocycles. The monoisotopic (exact) mass is 586 g/mol. The molecule has 2 saturated heterocycles. The number of nitrogens with one attached hydrogen (secondary N) is 4. The summed E-state index contributed by atoms with van der Waals surface area (Å²) in [5.74, 6) is -1.10. The van der Waals surface area contributed by atoms with Gasteiger partial charge in [0.15, 0.2) is 35.1 Å². The van der Waals surface area contributed by atoms with Crippen LogP contribution >= 0.6 is 0 Å². The van der Waals surface area contributed by atoms with E-state index in [9.17, 15) is 18.0 Å². The first-order valence-corrected chi connectivity index (χ1v) is 14.7. The van der Waals surface area contributed by atoms with Crippen LogP contribution in [0.15, 0.2) is 41.8 Å². The van der Waals surface area contributed by atoms with Crippen molar-refractivity contribution in [3.05, 3.63) is 36.9 Å². The SMILES string of the molecule is CCNC(=O)[C@H]1O[C@@H](n2cnc3c(NC(=O)Nc4ccc(S(=O)(=O)NC5CC5)cc4)ncnc32)[C@@H]2OC(C)(C)O[C@@H]21. The van der Waals surface area contributed by atoms with E-state index in [1.54, 1.807) is 18.4 Å². The van der Waals surface area contributed by atoms with Gasteiger partial charge in [0.1, 0.15) is 18.5 Å². The van der Waals surface area contributed by atoms with Crippen LogP contribution < -0.4 is 20.7 Å². The minimum absolute atomic E-state index is 0.00809. The van der Waals surface area contributed by atoms with Crippen LogP contribution in [-0.4, -0.2) is 76.6 Å². The maximum atomic E-state index is 12.8. The Hall–Kier alpha value is -3.70. The number of likely N-dealkylation sites (N-methyl/N-ethyl adjacent to an activating group) is 1. The summed E-state index contributed by atoms with van der Waals surface area (Å²) in [6, 6.07) is 5.21. The molecule has 4 N–H and O–H groups in total. The van der Waals surface area contributed by atoms with Crippen molar-refractivity contribution in [1.29, 1.82) is 0 Å². The zero-order valence-electron chi connectivity index (χ0n) is 22.5. The summed E-state index contributed by atoms with van der Waals surface area (Å²) in [7, 11) is -3.60. The van der Waals surface area contributed by atoms with E-state index < -0.39 is 46.4 Å². The van der Waals surface area contributed by atoms with E-state index in [1.165, 1.54) is 36.9 Å². The third-order valence-corrected chi connectivity index (χ3v) is 8.36. The highest BCUT2D eigenvalue weighted by Gasteiger charge is 2.58. The van der Waals surface area contributed by atoms with Gasteiger partial charge >= 0.3 is 6.03 Å². The van der Waals surface area contributed by atoms with Gasteiger partial charge < -0.3 is 24.8 Å². The molecule has 0 radical (unpaired) electrons. The molecule has 218 valence electrons. The third kappa shape index (κ3) is 5.48. The van der Waals surface area contributed by atoms with E-state index in [0.29, 0.717) is 17.9 Å². The van der Waals surface area contributed by atoms with Gasteiger partial charge in [-0.05, 0) is 57.9 Å². The van der Waals surface area contributed by atoms with Crippen molar-refractivity contribution in [1.82, 2.24) is 29.6 Å². The first kappa shape index (κ1) is 27.5. The van der Waals surface area contributed by atoms with Crippen molar-refractivity contribution < 1.29 is 32.2 Å². The Morgan fingerprint density at radius 3 is 2.49 bits per heavy atom. The number of carbonyl (C=O) groups excluding carboxylic acids is 2. The standard InChI is InChI=1S/C25H30N8O7S/c1-4-26-22(34)18-17-19(40-25(2,3)39-17)23(38-18)33-12-29-16-20(27-11-28-21(16)33)31-24(35)30-13-7-9-15(10-8-13)41(36,37)32-14-5-6-14/h7-12,14,17-19,23,32H,4-6H2,1-3H3,(H,26,34)(H2,27,28,30,31,35)/t17-,18+,19-,23-/m1/s1. The normalized spacial score (nSPS) is 25.1. The fourth-order valence-electron chi connectivity index (χ4n) is 4.89. The largest absolute Gasteiger partial charge is 0.354 e. The highest BCUT2D eigenvalue weighted by Crippen LogP contribution is 2.44. The Kier molecular flexibility index (Phi) is 6.89. The smallest absolute Gasteiger partial charge is 0.324 e. The van der Waals surface area contributed by atoms with Gasteiger partial charge in [-0.15, -0.1) is 0 Å². The number of carbonyl (C=O) groups is 2. The number of aromatic nitrogens is 4. The number of sulfonamides is 1. The van der Waals surface area contributed by atoms with Gasteiger partial charge in [-0.1, -0.05) is 0 Å². The summed E-state index contributed by atoms with van der Waals surface area (Å²) >= 11 is 0. The second-order valence-corrected chi connectivity index (χ2v) is 12.2. The number of imidazole rings is 1. The summed E-state index contributed by atoms with van der Waals surface area (Å²) in [4.78, 5) is 38.5. The molecule has 6 rings (SSSR count). The lowest BCUT2D eigenvalue weighted by atomic mass is 10.1. The van der Waals surface area contributed by atoms with Gasteiger partial charge in [0.25, 0.3) is 5.91 Å². The number of amides is 3. The lowest BCUT2D eigenvalue weighted by molar-refractivity contribution is -0.197. The van der Waals surface area contributed by atoms with Crippen LogP contribution in [0.1, 0.15) is 39.8 Å². The summed E-state index contributed by atoms with van der Waals surface area (Å²) < 4.78 is 47.2. The van der Waals surface area contributed by atoms with Crippen LogP contribution in [0.3, 0.4) is 0 Å². The Morgan fingerprint density at radius 2 is 1.78 bits per heavy atom. The zero-order valence-corrected chi connectivity index (χ0v) is 23.3. The Labute approximate surface area is 235 Å². The minimum atomic E-state index is -3.60. The molecule has 0 spiro atoms. The molecule has 3 aromatic rings. The third-order valence-electron chi connectivity index (χ3n) is 6.83. The fraction of sp³-hybridized carbons (Fsp3) is 0.480. The summed E-state index contributed by atoms with van der Waals surface area (Å²) in [5.41, 5.74) is 1.02. The van der Waals surface area contributed by atoms with Gasteiger partial charge in [-0.25, -0.2) is 32.9 Å². The van der Waals surface area contributed by atoms with Crippen molar-refractivity contribution >= 4 is 44.6 Å².